The molecule has 33 heavy (non-hydrogen) atoms. The molecule has 1 atom stereocenters. The summed E-state index contributed by atoms with van der Waals surface area (Å²) >= 11 is 0. The quantitative estimate of drug-likeness (QED) is 0.576. The molecule has 170 valence electrons. The third kappa shape index (κ3) is 4.67. The van der Waals surface area contributed by atoms with Crippen LogP contribution in [0.3, 0.4) is 0 Å². The lowest BCUT2D eigenvalue weighted by Crippen LogP contribution is -2.36. The second kappa shape index (κ2) is 9.57. The fourth-order valence-electron chi connectivity index (χ4n) is 4.78. The number of likely N-dealkylation sites (tertiary alicyclic amines) is 1. The van der Waals surface area contributed by atoms with Crippen molar-refractivity contribution in [2.75, 3.05) is 24.6 Å². The van der Waals surface area contributed by atoms with Crippen LogP contribution in [0.15, 0.2) is 54.7 Å². The van der Waals surface area contributed by atoms with Gasteiger partial charge in [0.15, 0.2) is 12.4 Å². The van der Waals surface area contributed by atoms with Crippen LogP contribution in [0.1, 0.15) is 48.1 Å². The highest BCUT2D eigenvalue weighted by molar-refractivity contribution is 5.78. The molecule has 1 saturated heterocycles. The van der Waals surface area contributed by atoms with E-state index < -0.39 is 0 Å². The first kappa shape index (κ1) is 21.4. The van der Waals surface area contributed by atoms with Gasteiger partial charge in [-0.25, -0.2) is 9.97 Å². The molecule has 0 spiro atoms. The first-order chi connectivity index (χ1) is 16.2. The molecule has 5 rings (SSSR count). The van der Waals surface area contributed by atoms with Crippen molar-refractivity contribution in [3.8, 4) is 5.75 Å². The molecule has 0 radical (unpaired) electrons. The monoisotopic (exact) mass is 443 g/mol. The number of pyridine rings is 1. The van der Waals surface area contributed by atoms with Gasteiger partial charge in [-0.05, 0) is 56.9 Å². The number of para-hydroxylation sites is 1. The lowest BCUT2D eigenvalue weighted by molar-refractivity contribution is -0.134. The Morgan fingerprint density at radius 3 is 2.73 bits per heavy atom. The van der Waals surface area contributed by atoms with Crippen molar-refractivity contribution in [2.24, 2.45) is 0 Å². The second-order valence-electron chi connectivity index (χ2n) is 8.66. The van der Waals surface area contributed by atoms with Crippen LogP contribution in [-0.4, -0.2) is 45.5 Å². The number of rotatable bonds is 6. The maximum atomic E-state index is 13.0. The lowest BCUT2D eigenvalue weighted by Gasteiger charge is -2.32. The molecule has 2 aliphatic heterocycles. The van der Waals surface area contributed by atoms with E-state index in [0.29, 0.717) is 12.3 Å². The van der Waals surface area contributed by atoms with E-state index in [4.69, 9.17) is 14.7 Å². The zero-order valence-electron chi connectivity index (χ0n) is 19.0. The van der Waals surface area contributed by atoms with E-state index in [-0.39, 0.29) is 18.6 Å². The van der Waals surface area contributed by atoms with Crippen molar-refractivity contribution in [1.29, 1.82) is 0 Å². The molecule has 1 fully saturated rings. The largest absolute Gasteiger partial charge is 0.484 e. The molecule has 1 aromatic carbocycles. The number of ether oxygens (including phenoxy) is 1. The van der Waals surface area contributed by atoms with E-state index in [1.165, 1.54) is 5.56 Å². The summed E-state index contributed by atoms with van der Waals surface area (Å²) in [6.45, 7) is 4.46. The van der Waals surface area contributed by atoms with E-state index >= 15 is 0 Å². The van der Waals surface area contributed by atoms with Crippen LogP contribution in [-0.2, 0) is 17.8 Å². The van der Waals surface area contributed by atoms with Gasteiger partial charge >= 0.3 is 0 Å². The topological polar surface area (TPSA) is 71.5 Å². The van der Waals surface area contributed by atoms with Crippen molar-refractivity contribution < 1.29 is 9.53 Å². The smallest absolute Gasteiger partial charge is 0.261 e. The van der Waals surface area contributed by atoms with Crippen LogP contribution in [0.4, 0.5) is 5.82 Å². The molecule has 1 amide bonds. The van der Waals surface area contributed by atoms with Crippen LogP contribution in [0.25, 0.3) is 0 Å². The van der Waals surface area contributed by atoms with E-state index in [0.717, 1.165) is 61.8 Å². The standard InChI is InChI=1S/C26H29N5O2/c1-19-22-12-7-15-30(17-20-9-5-6-14-27-20)26(22)29-25(28-19)23-13-8-16-31(23)24(32)18-33-21-10-3-2-4-11-21/h2-6,9-11,14,23H,7-8,12-13,15-18H2,1H3. The number of nitrogens with zero attached hydrogens (tertiary/aromatic N) is 5. The SMILES string of the molecule is Cc1nc(C2CCCN2C(=O)COc2ccccc2)nc2c1CCCN2Cc1ccccn1. The molecule has 2 aliphatic rings. The van der Waals surface area contributed by atoms with E-state index in [1.807, 2.05) is 59.6 Å². The number of amides is 1. The Bertz CT molecular complexity index is 1110. The number of anilines is 1. The van der Waals surface area contributed by atoms with Gasteiger partial charge in [-0.1, -0.05) is 24.3 Å². The Hall–Kier alpha value is -3.48. The summed E-state index contributed by atoms with van der Waals surface area (Å²) < 4.78 is 5.71. The highest BCUT2D eigenvalue weighted by Gasteiger charge is 2.34. The van der Waals surface area contributed by atoms with E-state index in [9.17, 15) is 4.79 Å². The zero-order valence-corrected chi connectivity index (χ0v) is 19.0. The summed E-state index contributed by atoms with van der Waals surface area (Å²) in [4.78, 5) is 31.6. The predicted octanol–water partition coefficient (Wildman–Crippen LogP) is 3.88. The number of hydrogen-bond donors (Lipinski definition) is 0. The van der Waals surface area contributed by atoms with Crippen molar-refractivity contribution in [1.82, 2.24) is 19.9 Å². The molecule has 0 N–H and O–H groups in total. The highest BCUT2D eigenvalue weighted by Crippen LogP contribution is 2.34. The molecule has 7 heteroatoms. The maximum Gasteiger partial charge on any atom is 0.261 e. The van der Waals surface area contributed by atoms with Crippen molar-refractivity contribution >= 4 is 11.7 Å². The minimum atomic E-state index is -0.112. The van der Waals surface area contributed by atoms with Gasteiger partial charge in [-0.2, -0.15) is 0 Å². The van der Waals surface area contributed by atoms with Crippen LogP contribution < -0.4 is 9.64 Å². The van der Waals surface area contributed by atoms with E-state index in [2.05, 4.69) is 16.8 Å². The number of carbonyl (C=O) groups excluding carboxylic acids is 1. The van der Waals surface area contributed by atoms with Crippen LogP contribution in [0.2, 0.25) is 0 Å². The fourth-order valence-corrected chi connectivity index (χ4v) is 4.78. The maximum absolute atomic E-state index is 13.0. The van der Waals surface area contributed by atoms with Gasteiger partial charge in [0.1, 0.15) is 11.6 Å². The zero-order chi connectivity index (χ0) is 22.6. The van der Waals surface area contributed by atoms with Crippen molar-refractivity contribution in [2.45, 2.75) is 45.2 Å². The van der Waals surface area contributed by atoms with Crippen molar-refractivity contribution in [3.05, 3.63) is 77.5 Å². The number of aryl methyl sites for hydroxylation is 1. The van der Waals surface area contributed by atoms with Gasteiger partial charge in [0.05, 0.1) is 18.3 Å². The Balaban J connectivity index is 1.36. The minimum Gasteiger partial charge on any atom is -0.484 e. The molecular formula is C26H29N5O2. The number of hydrogen-bond acceptors (Lipinski definition) is 6. The molecule has 0 bridgehead atoms. The van der Waals surface area contributed by atoms with Gasteiger partial charge in [0.2, 0.25) is 0 Å². The van der Waals surface area contributed by atoms with Gasteiger partial charge in [-0.3, -0.25) is 9.78 Å². The Morgan fingerprint density at radius 1 is 1.06 bits per heavy atom. The molecule has 0 aliphatic carbocycles. The summed E-state index contributed by atoms with van der Waals surface area (Å²) in [6, 6.07) is 15.3. The fraction of sp³-hybridized carbons (Fsp3) is 0.385. The molecule has 7 nitrogen and oxygen atoms in total. The first-order valence-corrected chi connectivity index (χ1v) is 11.7. The van der Waals surface area contributed by atoms with Crippen LogP contribution in [0, 0.1) is 6.92 Å². The molecule has 1 unspecified atom stereocenters. The number of benzene rings is 1. The Morgan fingerprint density at radius 2 is 1.91 bits per heavy atom. The normalized spacial score (nSPS) is 17.7. The molecule has 2 aromatic heterocycles. The summed E-state index contributed by atoms with van der Waals surface area (Å²) in [5, 5.41) is 0. The van der Waals surface area contributed by atoms with Gasteiger partial charge < -0.3 is 14.5 Å². The van der Waals surface area contributed by atoms with Gasteiger partial charge in [-0.15, -0.1) is 0 Å². The average Bonchev–Trinajstić information content (AvgIpc) is 3.34. The Kier molecular flexibility index (Phi) is 6.19. The van der Waals surface area contributed by atoms with Gasteiger partial charge in [0.25, 0.3) is 5.91 Å². The van der Waals surface area contributed by atoms with Crippen molar-refractivity contribution in [3.63, 3.8) is 0 Å². The van der Waals surface area contributed by atoms with Crippen LogP contribution in [0.5, 0.6) is 5.75 Å². The van der Waals surface area contributed by atoms with Crippen LogP contribution >= 0.6 is 0 Å². The number of carbonyl (C=O) groups is 1. The summed E-state index contributed by atoms with van der Waals surface area (Å²) in [5.74, 6) is 2.41. The molecule has 4 heterocycles. The summed E-state index contributed by atoms with van der Waals surface area (Å²) in [6.07, 6.45) is 5.71. The molecular weight excluding hydrogens is 414 g/mol. The molecule has 3 aromatic rings. The molecule has 0 saturated carbocycles. The average molecular weight is 444 g/mol. The number of aromatic nitrogens is 3. The minimum absolute atomic E-state index is 0.0225. The Labute approximate surface area is 194 Å². The summed E-state index contributed by atoms with van der Waals surface area (Å²) in [7, 11) is 0. The lowest BCUT2D eigenvalue weighted by atomic mass is 10.0. The number of fused-ring (bicyclic) bond motifs is 1. The predicted molar refractivity (Wildman–Crippen MR) is 126 cm³/mol. The third-order valence-electron chi connectivity index (χ3n) is 6.42. The first-order valence-electron chi connectivity index (χ1n) is 11.7. The van der Waals surface area contributed by atoms with Gasteiger partial charge in [0, 0.05) is 30.5 Å². The third-order valence-corrected chi connectivity index (χ3v) is 6.42. The van der Waals surface area contributed by atoms with E-state index in [1.54, 1.807) is 0 Å². The summed E-state index contributed by atoms with van der Waals surface area (Å²) in [5.41, 5.74) is 3.25. The second-order valence-corrected chi connectivity index (χ2v) is 8.66. The highest BCUT2D eigenvalue weighted by atomic mass is 16.5.